The van der Waals surface area contributed by atoms with Gasteiger partial charge in [0.05, 0.1) is 0 Å². The zero-order valence-corrected chi connectivity index (χ0v) is 12.1. The van der Waals surface area contributed by atoms with Gasteiger partial charge >= 0.3 is 0 Å². The van der Waals surface area contributed by atoms with E-state index in [-0.39, 0.29) is 12.4 Å². The molecule has 0 bridgehead atoms. The van der Waals surface area contributed by atoms with Gasteiger partial charge in [-0.15, -0.1) is 11.3 Å². The molecule has 0 saturated heterocycles. The molecule has 1 heterocycles. The number of hydrogen-bond acceptors (Lipinski definition) is 3. The van der Waals surface area contributed by atoms with Crippen LogP contribution in [0.2, 0.25) is 0 Å². The van der Waals surface area contributed by atoms with E-state index in [0.29, 0.717) is 11.6 Å². The molecule has 0 radical (unpaired) electrons. The number of benzene rings is 1. The van der Waals surface area contributed by atoms with E-state index >= 15 is 0 Å². The van der Waals surface area contributed by atoms with Crippen LogP contribution < -0.4 is 10.6 Å². The number of hydrogen-bond donors (Lipinski definition) is 1. The number of thiophene rings is 1. The summed E-state index contributed by atoms with van der Waals surface area (Å²) in [5.41, 5.74) is 6.92. The van der Waals surface area contributed by atoms with E-state index in [1.807, 2.05) is 13.1 Å². The number of anilines is 1. The molecule has 2 nitrogen and oxygen atoms in total. The topological polar surface area (TPSA) is 29.3 Å². The number of likely N-dealkylation sites (N-methyl/N-ethyl adjacent to an activating group) is 1. The lowest BCUT2D eigenvalue weighted by atomic mass is 10.1. The Morgan fingerprint density at radius 1 is 1.37 bits per heavy atom. The molecule has 1 aromatic heterocycles. The molecule has 2 aromatic rings. The molecule has 4 heteroatoms. The number of halogens is 1. The largest absolute Gasteiger partial charge is 0.371 e. The third-order valence-electron chi connectivity index (χ3n) is 3.40. The van der Waals surface area contributed by atoms with Crippen LogP contribution in [0, 0.1) is 5.82 Å². The van der Waals surface area contributed by atoms with Crippen molar-refractivity contribution < 1.29 is 4.39 Å². The second kappa shape index (κ2) is 6.17. The molecule has 0 amide bonds. The molecule has 0 fully saturated rings. The van der Waals surface area contributed by atoms with Gasteiger partial charge in [-0.3, -0.25) is 0 Å². The molecule has 0 aliphatic heterocycles. The maximum atomic E-state index is 13.7. The van der Waals surface area contributed by atoms with E-state index < -0.39 is 0 Å². The quantitative estimate of drug-likeness (QED) is 0.908. The van der Waals surface area contributed by atoms with Gasteiger partial charge < -0.3 is 10.6 Å². The van der Waals surface area contributed by atoms with Gasteiger partial charge in [0.25, 0.3) is 0 Å². The van der Waals surface area contributed by atoms with Gasteiger partial charge in [-0.05, 0) is 30.5 Å². The first-order valence-corrected chi connectivity index (χ1v) is 7.23. The Hall–Kier alpha value is -1.39. The average molecular weight is 278 g/mol. The standard InChI is InChI=1S/C15H19FN2S/c1-11(8-14-4-3-7-19-14)18(2)13-6-5-12(10-17)15(16)9-13/h3-7,9,11H,8,10,17H2,1-2H3. The van der Waals surface area contributed by atoms with Crippen molar-refractivity contribution in [2.75, 3.05) is 11.9 Å². The first-order chi connectivity index (χ1) is 9.11. The normalized spacial score (nSPS) is 12.4. The van der Waals surface area contributed by atoms with Crippen molar-refractivity contribution in [2.24, 2.45) is 5.73 Å². The highest BCUT2D eigenvalue weighted by Gasteiger charge is 2.13. The van der Waals surface area contributed by atoms with Crippen LogP contribution in [-0.4, -0.2) is 13.1 Å². The molecule has 1 atom stereocenters. The van der Waals surface area contributed by atoms with E-state index in [0.717, 1.165) is 12.1 Å². The van der Waals surface area contributed by atoms with Crippen molar-refractivity contribution in [3.8, 4) is 0 Å². The lowest BCUT2D eigenvalue weighted by molar-refractivity contribution is 0.607. The monoisotopic (exact) mass is 278 g/mol. The predicted molar refractivity (Wildman–Crippen MR) is 80.2 cm³/mol. The van der Waals surface area contributed by atoms with Crippen molar-refractivity contribution in [1.29, 1.82) is 0 Å². The predicted octanol–water partition coefficient (Wildman–Crippen LogP) is 3.41. The van der Waals surface area contributed by atoms with E-state index in [4.69, 9.17) is 5.73 Å². The summed E-state index contributed by atoms with van der Waals surface area (Å²) >= 11 is 1.76. The molecule has 1 unspecified atom stereocenters. The molecule has 19 heavy (non-hydrogen) atoms. The Balaban J connectivity index is 2.10. The van der Waals surface area contributed by atoms with Gasteiger partial charge in [-0.1, -0.05) is 12.1 Å². The molecule has 2 N–H and O–H groups in total. The first kappa shape index (κ1) is 14.0. The van der Waals surface area contributed by atoms with Gasteiger partial charge in [0.2, 0.25) is 0 Å². The lowest BCUT2D eigenvalue weighted by Gasteiger charge is -2.27. The Morgan fingerprint density at radius 3 is 2.74 bits per heavy atom. The average Bonchev–Trinajstić information content (AvgIpc) is 2.90. The molecule has 1 aromatic carbocycles. The zero-order valence-electron chi connectivity index (χ0n) is 11.3. The number of rotatable bonds is 5. The Morgan fingerprint density at radius 2 is 2.16 bits per heavy atom. The maximum Gasteiger partial charge on any atom is 0.129 e. The molecule has 0 aliphatic carbocycles. The van der Waals surface area contributed by atoms with Crippen molar-refractivity contribution >= 4 is 17.0 Å². The molecule has 102 valence electrons. The minimum absolute atomic E-state index is 0.227. The van der Waals surface area contributed by atoms with Gasteiger partial charge in [0, 0.05) is 42.2 Å². The second-order valence-corrected chi connectivity index (χ2v) is 5.76. The van der Waals surface area contributed by atoms with E-state index in [9.17, 15) is 4.39 Å². The fourth-order valence-corrected chi connectivity index (χ4v) is 2.86. The molecule has 2 rings (SSSR count). The number of nitrogens with zero attached hydrogens (tertiary/aromatic N) is 1. The maximum absolute atomic E-state index is 13.7. The highest BCUT2D eigenvalue weighted by atomic mass is 32.1. The SMILES string of the molecule is CC(Cc1cccs1)N(C)c1ccc(CN)c(F)c1. The first-order valence-electron chi connectivity index (χ1n) is 6.35. The molecule has 0 aliphatic rings. The van der Waals surface area contributed by atoms with Crippen molar-refractivity contribution in [2.45, 2.75) is 25.9 Å². The van der Waals surface area contributed by atoms with Crippen LogP contribution in [0.3, 0.4) is 0 Å². The third kappa shape index (κ3) is 3.33. The van der Waals surface area contributed by atoms with Crippen molar-refractivity contribution in [3.05, 3.63) is 52.0 Å². The van der Waals surface area contributed by atoms with Crippen LogP contribution in [0.1, 0.15) is 17.4 Å². The van der Waals surface area contributed by atoms with Crippen LogP contribution in [-0.2, 0) is 13.0 Å². The smallest absolute Gasteiger partial charge is 0.129 e. The van der Waals surface area contributed by atoms with Crippen LogP contribution in [0.15, 0.2) is 35.7 Å². The highest BCUT2D eigenvalue weighted by Crippen LogP contribution is 2.21. The van der Waals surface area contributed by atoms with Gasteiger partial charge in [-0.25, -0.2) is 4.39 Å². The summed E-state index contributed by atoms with van der Waals surface area (Å²) in [6.07, 6.45) is 0.967. The van der Waals surface area contributed by atoms with Crippen LogP contribution in [0.5, 0.6) is 0 Å². The number of nitrogens with two attached hydrogens (primary N) is 1. The van der Waals surface area contributed by atoms with E-state index in [1.165, 1.54) is 4.88 Å². The zero-order chi connectivity index (χ0) is 13.8. The van der Waals surface area contributed by atoms with Gasteiger partial charge in [0.15, 0.2) is 0 Å². The highest BCUT2D eigenvalue weighted by molar-refractivity contribution is 7.09. The summed E-state index contributed by atoms with van der Waals surface area (Å²) in [5.74, 6) is -0.227. The van der Waals surface area contributed by atoms with Crippen molar-refractivity contribution in [1.82, 2.24) is 0 Å². The summed E-state index contributed by atoms with van der Waals surface area (Å²) in [5, 5.41) is 2.08. The second-order valence-electron chi connectivity index (χ2n) is 4.72. The molecular weight excluding hydrogens is 259 g/mol. The molecule has 0 saturated carbocycles. The summed E-state index contributed by atoms with van der Waals surface area (Å²) < 4.78 is 13.7. The fraction of sp³-hybridized carbons (Fsp3) is 0.333. The summed E-state index contributed by atoms with van der Waals surface area (Å²) in [6.45, 7) is 2.38. The van der Waals surface area contributed by atoms with Crippen molar-refractivity contribution in [3.63, 3.8) is 0 Å². The Bertz CT molecular complexity index is 525. The van der Waals surface area contributed by atoms with Crippen LogP contribution in [0.25, 0.3) is 0 Å². The lowest BCUT2D eigenvalue weighted by Crippen LogP contribution is -2.30. The summed E-state index contributed by atoms with van der Waals surface area (Å²) in [7, 11) is 2.00. The fourth-order valence-electron chi connectivity index (χ4n) is 2.03. The van der Waals surface area contributed by atoms with Gasteiger partial charge in [0.1, 0.15) is 5.82 Å². The molecule has 0 spiro atoms. The minimum atomic E-state index is -0.227. The summed E-state index contributed by atoms with van der Waals surface area (Å²) in [4.78, 5) is 3.45. The summed E-state index contributed by atoms with van der Waals surface area (Å²) in [6, 6.07) is 9.76. The Kier molecular flexibility index (Phi) is 4.56. The van der Waals surface area contributed by atoms with E-state index in [2.05, 4.69) is 29.3 Å². The third-order valence-corrected chi connectivity index (χ3v) is 4.30. The minimum Gasteiger partial charge on any atom is -0.371 e. The van der Waals surface area contributed by atoms with Crippen LogP contribution >= 0.6 is 11.3 Å². The molecular formula is C15H19FN2S. The Labute approximate surface area is 117 Å². The van der Waals surface area contributed by atoms with Gasteiger partial charge in [-0.2, -0.15) is 0 Å². The van der Waals surface area contributed by atoms with E-state index in [1.54, 1.807) is 23.5 Å². The van der Waals surface area contributed by atoms with Crippen LogP contribution in [0.4, 0.5) is 10.1 Å².